The number of hydrogen-bond acceptors (Lipinski definition) is 5. The van der Waals surface area contributed by atoms with Crippen LogP contribution < -0.4 is 10.6 Å². The topological polar surface area (TPSA) is 87.1 Å². The smallest absolute Gasteiger partial charge is 0.255 e. The molecule has 0 aliphatic heterocycles. The van der Waals surface area contributed by atoms with Crippen molar-refractivity contribution in [2.24, 2.45) is 0 Å². The molecule has 0 aliphatic carbocycles. The first-order valence-electron chi connectivity index (χ1n) is 6.78. The minimum atomic E-state index is -0.290. The summed E-state index contributed by atoms with van der Waals surface area (Å²) in [4.78, 5) is 19.6. The Morgan fingerprint density at radius 3 is 2.76 bits per heavy atom. The third-order valence-electron chi connectivity index (χ3n) is 2.91. The highest BCUT2D eigenvalue weighted by atomic mass is 16.3. The molecule has 0 spiro atoms. The Hall–Kier alpha value is -2.47. The van der Waals surface area contributed by atoms with E-state index in [0.29, 0.717) is 6.54 Å². The molecular formula is C15H18N4O2. The second kappa shape index (κ2) is 7.96. The Morgan fingerprint density at radius 2 is 2.00 bits per heavy atom. The number of carbonyl (C=O) groups excluding carboxylic acids is 1. The number of aromatic hydroxyl groups is 1. The predicted octanol–water partition coefficient (Wildman–Crippen LogP) is 1.09. The lowest BCUT2D eigenvalue weighted by molar-refractivity contribution is 0.0950. The van der Waals surface area contributed by atoms with E-state index in [0.717, 1.165) is 25.1 Å². The highest BCUT2D eigenvalue weighted by molar-refractivity contribution is 5.96. The van der Waals surface area contributed by atoms with Crippen molar-refractivity contribution in [3.05, 3.63) is 54.1 Å². The average Bonchev–Trinajstić information content (AvgIpc) is 2.52. The molecule has 0 radical (unpaired) electrons. The number of nitrogens with one attached hydrogen (secondary N) is 2. The first-order chi connectivity index (χ1) is 10.3. The van der Waals surface area contributed by atoms with Gasteiger partial charge in [0, 0.05) is 31.7 Å². The summed E-state index contributed by atoms with van der Waals surface area (Å²) in [6.07, 6.45) is 7.10. The van der Waals surface area contributed by atoms with Crippen LogP contribution in [0, 0.1) is 0 Å². The van der Waals surface area contributed by atoms with E-state index in [4.69, 9.17) is 0 Å². The fraction of sp³-hybridized carbons (Fsp3) is 0.267. The van der Waals surface area contributed by atoms with Gasteiger partial charge >= 0.3 is 0 Å². The number of amides is 1. The van der Waals surface area contributed by atoms with Crippen LogP contribution in [0.15, 0.2) is 43.0 Å². The standard InChI is InChI=1S/C15H18N4O2/c20-14-11-18-8-4-13(14)15(21)19-7-2-6-17-10-12-3-1-5-16-9-12/h1,3-5,8-9,11,17,20H,2,6-7,10H2,(H,19,21). The number of carbonyl (C=O) groups is 1. The van der Waals surface area contributed by atoms with Crippen LogP contribution >= 0.6 is 0 Å². The van der Waals surface area contributed by atoms with Crippen LogP contribution in [0.5, 0.6) is 5.75 Å². The zero-order valence-corrected chi connectivity index (χ0v) is 11.6. The van der Waals surface area contributed by atoms with Gasteiger partial charge in [0.15, 0.2) is 0 Å². The maximum absolute atomic E-state index is 11.8. The van der Waals surface area contributed by atoms with E-state index in [9.17, 15) is 9.90 Å². The van der Waals surface area contributed by atoms with E-state index in [1.54, 1.807) is 6.20 Å². The van der Waals surface area contributed by atoms with E-state index in [2.05, 4.69) is 20.6 Å². The second-order valence-electron chi connectivity index (χ2n) is 4.54. The minimum absolute atomic E-state index is 0.107. The van der Waals surface area contributed by atoms with E-state index in [1.807, 2.05) is 18.3 Å². The Balaban J connectivity index is 1.62. The van der Waals surface area contributed by atoms with Crippen molar-refractivity contribution in [3.63, 3.8) is 0 Å². The lowest BCUT2D eigenvalue weighted by Crippen LogP contribution is -2.27. The van der Waals surface area contributed by atoms with Crippen molar-refractivity contribution in [1.82, 2.24) is 20.6 Å². The van der Waals surface area contributed by atoms with Crippen molar-refractivity contribution in [3.8, 4) is 5.75 Å². The molecule has 110 valence electrons. The first kappa shape index (κ1) is 14.9. The molecular weight excluding hydrogens is 268 g/mol. The van der Waals surface area contributed by atoms with Gasteiger partial charge in [-0.25, -0.2) is 0 Å². The molecule has 0 saturated heterocycles. The summed E-state index contributed by atoms with van der Waals surface area (Å²) in [5, 5.41) is 15.5. The number of nitrogens with zero attached hydrogens (tertiary/aromatic N) is 2. The first-order valence-corrected chi connectivity index (χ1v) is 6.78. The fourth-order valence-corrected chi connectivity index (χ4v) is 1.82. The Morgan fingerprint density at radius 1 is 1.14 bits per heavy atom. The summed E-state index contributed by atoms with van der Waals surface area (Å²) in [7, 11) is 0. The van der Waals surface area contributed by atoms with Crippen LogP contribution in [0.1, 0.15) is 22.3 Å². The van der Waals surface area contributed by atoms with Crippen molar-refractivity contribution in [1.29, 1.82) is 0 Å². The molecule has 0 fully saturated rings. The summed E-state index contributed by atoms with van der Waals surface area (Å²) in [6, 6.07) is 5.40. The van der Waals surface area contributed by atoms with Gasteiger partial charge in [-0.2, -0.15) is 0 Å². The molecule has 1 amide bonds. The maximum Gasteiger partial charge on any atom is 0.255 e. The quantitative estimate of drug-likeness (QED) is 0.663. The summed E-state index contributed by atoms with van der Waals surface area (Å²) in [6.45, 7) is 2.09. The molecule has 6 nitrogen and oxygen atoms in total. The van der Waals surface area contributed by atoms with E-state index in [-0.39, 0.29) is 17.2 Å². The monoisotopic (exact) mass is 286 g/mol. The zero-order valence-electron chi connectivity index (χ0n) is 11.6. The number of rotatable bonds is 7. The number of aromatic nitrogens is 2. The molecule has 0 saturated carbocycles. The SMILES string of the molecule is O=C(NCCCNCc1cccnc1)c1ccncc1O. The molecule has 6 heteroatoms. The van der Waals surface area contributed by atoms with Crippen LogP contribution in [-0.2, 0) is 6.54 Å². The minimum Gasteiger partial charge on any atom is -0.505 e. The maximum atomic E-state index is 11.8. The average molecular weight is 286 g/mol. The van der Waals surface area contributed by atoms with Crippen LogP contribution in [0.25, 0.3) is 0 Å². The number of pyridine rings is 2. The summed E-state index contributed by atoms with van der Waals surface area (Å²) >= 11 is 0. The normalized spacial score (nSPS) is 10.3. The third kappa shape index (κ3) is 4.85. The molecule has 21 heavy (non-hydrogen) atoms. The van der Waals surface area contributed by atoms with Crippen molar-refractivity contribution < 1.29 is 9.90 Å². The van der Waals surface area contributed by atoms with Gasteiger partial charge in [0.05, 0.1) is 11.8 Å². The van der Waals surface area contributed by atoms with Gasteiger partial charge < -0.3 is 15.7 Å². The molecule has 0 bridgehead atoms. The van der Waals surface area contributed by atoms with Crippen molar-refractivity contribution in [2.45, 2.75) is 13.0 Å². The van der Waals surface area contributed by atoms with Crippen LogP contribution in [-0.4, -0.2) is 34.1 Å². The van der Waals surface area contributed by atoms with Crippen LogP contribution in [0.3, 0.4) is 0 Å². The Kier molecular flexibility index (Phi) is 5.66. The van der Waals surface area contributed by atoms with Gasteiger partial charge in [-0.3, -0.25) is 14.8 Å². The lowest BCUT2D eigenvalue weighted by Gasteiger charge is -2.07. The van der Waals surface area contributed by atoms with E-state index < -0.39 is 0 Å². The van der Waals surface area contributed by atoms with Gasteiger partial charge in [-0.1, -0.05) is 6.07 Å². The molecule has 3 N–H and O–H groups in total. The molecule has 2 rings (SSSR count). The molecule has 0 aromatic carbocycles. The third-order valence-corrected chi connectivity index (χ3v) is 2.91. The second-order valence-corrected chi connectivity index (χ2v) is 4.54. The summed E-state index contributed by atoms with van der Waals surface area (Å²) < 4.78 is 0. The van der Waals surface area contributed by atoms with Crippen LogP contribution in [0.4, 0.5) is 0 Å². The zero-order chi connectivity index (χ0) is 14.9. The largest absolute Gasteiger partial charge is 0.505 e. The van der Waals surface area contributed by atoms with Gasteiger partial charge in [0.1, 0.15) is 5.75 Å². The van der Waals surface area contributed by atoms with Crippen molar-refractivity contribution in [2.75, 3.05) is 13.1 Å². The van der Waals surface area contributed by atoms with Gasteiger partial charge in [0.2, 0.25) is 0 Å². The highest BCUT2D eigenvalue weighted by Crippen LogP contribution is 2.12. The Labute approximate surface area is 123 Å². The summed E-state index contributed by atoms with van der Waals surface area (Å²) in [5.41, 5.74) is 1.37. The van der Waals surface area contributed by atoms with Gasteiger partial charge in [-0.15, -0.1) is 0 Å². The molecule has 0 aliphatic rings. The van der Waals surface area contributed by atoms with E-state index in [1.165, 1.54) is 18.5 Å². The van der Waals surface area contributed by atoms with Gasteiger partial charge in [0.25, 0.3) is 5.91 Å². The molecule has 2 heterocycles. The summed E-state index contributed by atoms with van der Waals surface area (Å²) in [5.74, 6) is -0.396. The number of hydrogen-bond donors (Lipinski definition) is 3. The van der Waals surface area contributed by atoms with Crippen LogP contribution in [0.2, 0.25) is 0 Å². The highest BCUT2D eigenvalue weighted by Gasteiger charge is 2.09. The molecule has 2 aromatic heterocycles. The van der Waals surface area contributed by atoms with Crippen molar-refractivity contribution >= 4 is 5.91 Å². The molecule has 2 aromatic rings. The van der Waals surface area contributed by atoms with Gasteiger partial charge in [-0.05, 0) is 30.7 Å². The Bertz CT molecular complexity index is 575. The lowest BCUT2D eigenvalue weighted by atomic mass is 10.2. The fourth-order valence-electron chi connectivity index (χ4n) is 1.82. The van der Waals surface area contributed by atoms with E-state index >= 15 is 0 Å². The molecule has 0 atom stereocenters. The molecule has 0 unspecified atom stereocenters. The predicted molar refractivity (Wildman–Crippen MR) is 78.8 cm³/mol.